The van der Waals surface area contributed by atoms with Gasteiger partial charge in [0.15, 0.2) is 12.1 Å². The molecule has 0 aliphatic heterocycles. The summed E-state index contributed by atoms with van der Waals surface area (Å²) in [4.78, 5) is 50.2. The van der Waals surface area contributed by atoms with Gasteiger partial charge in [0.05, 0.1) is 12.6 Å². The fourth-order valence-corrected chi connectivity index (χ4v) is 3.48. The first-order valence-corrected chi connectivity index (χ1v) is 12.5. The molecule has 0 fully saturated rings. The number of amides is 3. The van der Waals surface area contributed by atoms with Gasteiger partial charge >= 0.3 is 12.1 Å². The second-order valence-electron chi connectivity index (χ2n) is 9.71. The van der Waals surface area contributed by atoms with E-state index in [0.717, 1.165) is 5.56 Å². The highest BCUT2D eigenvalue weighted by Gasteiger charge is 2.30. The van der Waals surface area contributed by atoms with Crippen LogP contribution in [0.15, 0.2) is 60.7 Å². The van der Waals surface area contributed by atoms with Gasteiger partial charge in [0, 0.05) is 0 Å². The first-order valence-electron chi connectivity index (χ1n) is 12.5. The molecule has 0 saturated carbocycles. The molecule has 2 aromatic rings. The summed E-state index contributed by atoms with van der Waals surface area (Å²) in [6, 6.07) is 15.7. The summed E-state index contributed by atoms with van der Waals surface area (Å²) in [5.74, 6) is -2.18. The van der Waals surface area contributed by atoms with Crippen LogP contribution in [-0.2, 0) is 30.5 Å². The maximum atomic E-state index is 12.8. The highest BCUT2D eigenvalue weighted by Crippen LogP contribution is 2.16. The summed E-state index contributed by atoms with van der Waals surface area (Å²) in [6.45, 7) is 6.46. The fraction of sp³-hybridized carbons (Fsp3) is 0.429. The van der Waals surface area contributed by atoms with E-state index in [1.54, 1.807) is 51.1 Å². The molecule has 0 aromatic heterocycles. The van der Waals surface area contributed by atoms with Gasteiger partial charge in [0.2, 0.25) is 5.91 Å². The molecule has 2 rings (SSSR count). The predicted octanol–water partition coefficient (Wildman–Crippen LogP) is 2.76. The molecule has 4 N–H and O–H groups in total. The molecule has 0 spiro atoms. The summed E-state index contributed by atoms with van der Waals surface area (Å²) in [5, 5.41) is 17.9. The number of benzene rings is 2. The molecular formula is C28H37N3O7. The van der Waals surface area contributed by atoms with Gasteiger partial charge in [0.1, 0.15) is 12.2 Å². The van der Waals surface area contributed by atoms with Crippen molar-refractivity contribution >= 4 is 23.9 Å². The Labute approximate surface area is 223 Å². The Kier molecular flexibility index (Phi) is 11.7. The van der Waals surface area contributed by atoms with Crippen LogP contribution in [0.2, 0.25) is 0 Å². The van der Waals surface area contributed by atoms with Gasteiger partial charge in [-0.05, 0) is 38.3 Å². The van der Waals surface area contributed by atoms with Crippen molar-refractivity contribution in [2.45, 2.75) is 70.9 Å². The maximum absolute atomic E-state index is 12.8. The van der Waals surface area contributed by atoms with Crippen LogP contribution in [0.25, 0.3) is 0 Å². The molecule has 0 heterocycles. The molecule has 10 heteroatoms. The smallest absolute Gasteiger partial charge is 0.407 e. The number of alkyl carbamates (subject to hydrolysis) is 1. The summed E-state index contributed by atoms with van der Waals surface area (Å²) in [6.07, 6.45) is -1.49. The van der Waals surface area contributed by atoms with E-state index in [0.29, 0.717) is 18.4 Å². The zero-order valence-electron chi connectivity index (χ0n) is 22.2. The predicted molar refractivity (Wildman–Crippen MR) is 141 cm³/mol. The van der Waals surface area contributed by atoms with E-state index in [9.17, 15) is 24.3 Å². The van der Waals surface area contributed by atoms with Gasteiger partial charge in [-0.15, -0.1) is 0 Å². The van der Waals surface area contributed by atoms with Gasteiger partial charge in [-0.2, -0.15) is 0 Å². The Morgan fingerprint density at radius 1 is 0.921 bits per heavy atom. The Balaban J connectivity index is 1.97. The van der Waals surface area contributed by atoms with Gasteiger partial charge in [0.25, 0.3) is 5.91 Å². The second-order valence-corrected chi connectivity index (χ2v) is 9.71. The highest BCUT2D eigenvalue weighted by molar-refractivity contribution is 5.90. The number of aliphatic hydroxyl groups excluding tert-OH is 1. The third-order valence-electron chi connectivity index (χ3n) is 5.27. The van der Waals surface area contributed by atoms with Crippen molar-refractivity contribution in [3.63, 3.8) is 0 Å². The van der Waals surface area contributed by atoms with Gasteiger partial charge < -0.3 is 30.5 Å². The quantitative estimate of drug-likeness (QED) is 0.311. The first-order chi connectivity index (χ1) is 18.0. The normalized spacial score (nSPS) is 13.4. The zero-order chi connectivity index (χ0) is 28.1. The summed E-state index contributed by atoms with van der Waals surface area (Å²) >= 11 is 0. The van der Waals surface area contributed by atoms with Crippen molar-refractivity contribution in [1.82, 2.24) is 16.0 Å². The molecule has 0 aliphatic rings. The summed E-state index contributed by atoms with van der Waals surface area (Å²) in [7, 11) is 0. The lowest BCUT2D eigenvalue weighted by atomic mass is 10.1. The van der Waals surface area contributed by atoms with Crippen LogP contribution in [0.4, 0.5) is 4.79 Å². The average molecular weight is 528 g/mol. The number of carbonyl (C=O) groups is 4. The van der Waals surface area contributed by atoms with Crippen LogP contribution >= 0.6 is 0 Å². The number of rotatable bonds is 12. The third kappa shape index (κ3) is 10.6. The second kappa shape index (κ2) is 14.7. The van der Waals surface area contributed by atoms with Gasteiger partial charge in [-0.3, -0.25) is 9.59 Å². The maximum Gasteiger partial charge on any atom is 0.407 e. The number of aliphatic hydroxyl groups is 1. The van der Waals surface area contributed by atoms with Crippen LogP contribution in [0.1, 0.15) is 57.7 Å². The van der Waals surface area contributed by atoms with Crippen molar-refractivity contribution in [3.05, 3.63) is 71.8 Å². The average Bonchev–Trinajstić information content (AvgIpc) is 2.88. The molecule has 10 nitrogen and oxygen atoms in total. The van der Waals surface area contributed by atoms with E-state index in [2.05, 4.69) is 16.0 Å². The van der Waals surface area contributed by atoms with Crippen molar-refractivity contribution in [1.29, 1.82) is 0 Å². The molecule has 3 amide bonds. The third-order valence-corrected chi connectivity index (χ3v) is 5.27. The summed E-state index contributed by atoms with van der Waals surface area (Å²) in [5.41, 5.74) is 0.556. The van der Waals surface area contributed by atoms with Crippen molar-refractivity contribution in [3.8, 4) is 0 Å². The Bertz CT molecular complexity index is 1060. The minimum atomic E-state index is -1.61. The molecular weight excluding hydrogens is 490 g/mol. The van der Waals surface area contributed by atoms with E-state index in [4.69, 9.17) is 9.47 Å². The molecule has 3 atom stereocenters. The SMILES string of the molecule is CCCC(NC(=O)OC(C)(C)C)C(O)C(=O)NCC(=O)N[C@H](C(=O)OCc1ccccc1)c1ccccc1. The lowest BCUT2D eigenvalue weighted by molar-refractivity contribution is -0.149. The number of esters is 1. The van der Waals surface area contributed by atoms with Crippen LogP contribution in [0, 0.1) is 0 Å². The van der Waals surface area contributed by atoms with Crippen molar-refractivity contribution in [2.24, 2.45) is 0 Å². The van der Waals surface area contributed by atoms with Crippen LogP contribution < -0.4 is 16.0 Å². The molecule has 2 aromatic carbocycles. The van der Waals surface area contributed by atoms with Crippen LogP contribution in [0.3, 0.4) is 0 Å². The minimum Gasteiger partial charge on any atom is -0.459 e. The fourth-order valence-electron chi connectivity index (χ4n) is 3.48. The molecule has 0 aliphatic carbocycles. The monoisotopic (exact) mass is 527 g/mol. The van der Waals surface area contributed by atoms with E-state index in [-0.39, 0.29) is 6.61 Å². The number of hydrogen-bond acceptors (Lipinski definition) is 7. The molecule has 0 bridgehead atoms. The van der Waals surface area contributed by atoms with Crippen LogP contribution in [-0.4, -0.2) is 53.3 Å². The minimum absolute atomic E-state index is 0.0330. The van der Waals surface area contributed by atoms with Crippen molar-refractivity contribution < 1.29 is 33.8 Å². The van der Waals surface area contributed by atoms with Crippen molar-refractivity contribution in [2.75, 3.05) is 6.54 Å². The van der Waals surface area contributed by atoms with E-state index >= 15 is 0 Å². The Morgan fingerprint density at radius 3 is 2.11 bits per heavy atom. The number of carbonyl (C=O) groups excluding carboxylic acids is 4. The Morgan fingerprint density at radius 2 is 1.53 bits per heavy atom. The first kappa shape index (κ1) is 30.3. The molecule has 0 radical (unpaired) electrons. The molecule has 38 heavy (non-hydrogen) atoms. The lowest BCUT2D eigenvalue weighted by Gasteiger charge is -2.26. The highest BCUT2D eigenvalue weighted by atomic mass is 16.6. The van der Waals surface area contributed by atoms with E-state index in [1.807, 2.05) is 37.3 Å². The number of hydrogen-bond donors (Lipinski definition) is 4. The van der Waals surface area contributed by atoms with E-state index < -0.39 is 54.2 Å². The lowest BCUT2D eigenvalue weighted by Crippen LogP contribution is -2.52. The standard InChI is InChI=1S/C28H37N3O7/c1-5-12-21(30-27(36)38-28(2,3)4)24(33)25(34)29-17-22(32)31-23(20-15-10-7-11-16-20)26(35)37-18-19-13-8-6-9-14-19/h6-11,13-16,21,23-24,33H,5,12,17-18H2,1-4H3,(H,29,34)(H,30,36)(H,31,32)/t21?,23-,24?/m0/s1. The zero-order valence-corrected chi connectivity index (χ0v) is 22.2. The number of ether oxygens (including phenoxy) is 2. The van der Waals surface area contributed by atoms with Gasteiger partial charge in [-0.25, -0.2) is 9.59 Å². The van der Waals surface area contributed by atoms with Crippen LogP contribution in [0.5, 0.6) is 0 Å². The summed E-state index contributed by atoms with van der Waals surface area (Å²) < 4.78 is 10.6. The van der Waals surface area contributed by atoms with Gasteiger partial charge in [-0.1, -0.05) is 74.0 Å². The number of nitrogens with one attached hydrogen (secondary N) is 3. The topological polar surface area (TPSA) is 143 Å². The molecule has 2 unspecified atom stereocenters. The van der Waals surface area contributed by atoms with E-state index in [1.165, 1.54) is 0 Å². The largest absolute Gasteiger partial charge is 0.459 e. The molecule has 206 valence electrons. The Hall–Kier alpha value is -3.92. The molecule has 0 saturated heterocycles.